The lowest BCUT2D eigenvalue weighted by molar-refractivity contribution is -0.0705. The number of benzene rings is 1. The number of ether oxygens (including phenoxy) is 1. The van der Waals surface area contributed by atoms with Gasteiger partial charge in [0.05, 0.1) is 12.2 Å². The van der Waals surface area contributed by atoms with Crippen LogP contribution in [-0.4, -0.2) is 60.2 Å². The van der Waals surface area contributed by atoms with E-state index in [2.05, 4.69) is 77.3 Å². The van der Waals surface area contributed by atoms with E-state index in [9.17, 15) is 0 Å². The van der Waals surface area contributed by atoms with Crippen LogP contribution in [-0.2, 0) is 17.8 Å². The number of nitrogens with zero attached hydrogens (tertiary/aromatic N) is 2. The van der Waals surface area contributed by atoms with Gasteiger partial charge in [-0.05, 0) is 50.5 Å². The summed E-state index contributed by atoms with van der Waals surface area (Å²) in [6.45, 7) is 11.4. The third kappa shape index (κ3) is 6.13. The van der Waals surface area contributed by atoms with Crippen molar-refractivity contribution in [2.45, 2.75) is 63.7 Å². The van der Waals surface area contributed by atoms with Crippen molar-refractivity contribution in [2.24, 2.45) is 4.99 Å². The van der Waals surface area contributed by atoms with E-state index < -0.39 is 0 Å². The van der Waals surface area contributed by atoms with Gasteiger partial charge >= 0.3 is 0 Å². The Hall–Kier alpha value is -1.24. The van der Waals surface area contributed by atoms with Crippen molar-refractivity contribution < 1.29 is 4.74 Å². The van der Waals surface area contributed by atoms with E-state index in [-0.39, 0.29) is 0 Å². The van der Waals surface area contributed by atoms with Crippen molar-refractivity contribution >= 4 is 17.7 Å². The Morgan fingerprint density at radius 1 is 1.21 bits per heavy atom. The molecule has 0 bridgehead atoms. The molecule has 0 aliphatic carbocycles. The Labute approximate surface area is 174 Å². The zero-order valence-corrected chi connectivity index (χ0v) is 18.6. The molecule has 0 radical (unpaired) electrons. The van der Waals surface area contributed by atoms with E-state index in [1.54, 1.807) is 0 Å². The first-order valence-corrected chi connectivity index (χ1v) is 11.5. The second kappa shape index (κ2) is 9.99. The molecule has 1 aromatic rings. The van der Waals surface area contributed by atoms with Gasteiger partial charge < -0.3 is 15.4 Å². The Morgan fingerprint density at radius 3 is 2.57 bits per heavy atom. The van der Waals surface area contributed by atoms with Gasteiger partial charge in [0.25, 0.3) is 0 Å². The quantitative estimate of drug-likeness (QED) is 0.563. The van der Waals surface area contributed by atoms with Crippen LogP contribution in [0.25, 0.3) is 0 Å². The van der Waals surface area contributed by atoms with E-state index in [0.29, 0.717) is 17.0 Å². The fraction of sp³-hybridized carbons (Fsp3) is 0.682. The highest BCUT2D eigenvalue weighted by atomic mass is 32.2. The van der Waals surface area contributed by atoms with Gasteiger partial charge in [-0.2, -0.15) is 11.8 Å². The van der Waals surface area contributed by atoms with Crippen LogP contribution in [0.1, 0.15) is 44.7 Å². The highest BCUT2D eigenvalue weighted by molar-refractivity contribution is 8.00. The van der Waals surface area contributed by atoms with Gasteiger partial charge in [-0.3, -0.25) is 9.89 Å². The van der Waals surface area contributed by atoms with Crippen molar-refractivity contribution in [3.63, 3.8) is 0 Å². The standard InChI is InChI=1S/C22H36N4OS/c1-17-13-26(14-18(2)27-17)15-20-9-6-5-8-19(20)12-24-21(23-4)25-16-22(3)10-7-11-28-22/h5-6,8-9,17-18H,7,10-16H2,1-4H3,(H2,23,24,25). The molecule has 2 saturated heterocycles. The van der Waals surface area contributed by atoms with Crippen LogP contribution in [0.3, 0.4) is 0 Å². The van der Waals surface area contributed by atoms with Crippen LogP contribution in [0, 0.1) is 0 Å². The van der Waals surface area contributed by atoms with Crippen molar-refractivity contribution in [1.29, 1.82) is 0 Å². The molecule has 2 fully saturated rings. The topological polar surface area (TPSA) is 48.9 Å². The highest BCUT2D eigenvalue weighted by Crippen LogP contribution is 2.36. The third-order valence-electron chi connectivity index (χ3n) is 5.61. The number of aliphatic imine (C=N–C) groups is 1. The summed E-state index contributed by atoms with van der Waals surface area (Å²) in [6.07, 6.45) is 3.20. The minimum Gasteiger partial charge on any atom is -0.373 e. The van der Waals surface area contributed by atoms with Gasteiger partial charge in [-0.1, -0.05) is 24.3 Å². The summed E-state index contributed by atoms with van der Waals surface area (Å²) < 4.78 is 6.21. The van der Waals surface area contributed by atoms with Crippen molar-refractivity contribution in [1.82, 2.24) is 15.5 Å². The molecule has 0 saturated carbocycles. The summed E-state index contributed by atoms with van der Waals surface area (Å²) in [6, 6.07) is 8.72. The SMILES string of the molecule is CN=C(NCc1ccccc1CN1CC(C)OC(C)C1)NCC1(C)CCCS1. The van der Waals surface area contributed by atoms with Crippen LogP contribution in [0.2, 0.25) is 0 Å². The number of nitrogens with one attached hydrogen (secondary N) is 2. The maximum absolute atomic E-state index is 5.88. The normalized spacial score (nSPS) is 29.1. The number of hydrogen-bond donors (Lipinski definition) is 2. The largest absolute Gasteiger partial charge is 0.373 e. The average molecular weight is 405 g/mol. The Kier molecular flexibility index (Phi) is 7.66. The molecule has 2 aliphatic rings. The van der Waals surface area contributed by atoms with E-state index in [0.717, 1.165) is 38.7 Å². The third-order valence-corrected chi connectivity index (χ3v) is 7.15. The van der Waals surface area contributed by atoms with Gasteiger partial charge in [0.15, 0.2) is 5.96 Å². The van der Waals surface area contributed by atoms with E-state index >= 15 is 0 Å². The molecule has 156 valence electrons. The first-order chi connectivity index (χ1) is 13.5. The lowest BCUT2D eigenvalue weighted by Crippen LogP contribution is -2.45. The van der Waals surface area contributed by atoms with Gasteiger partial charge in [-0.15, -0.1) is 0 Å². The fourth-order valence-electron chi connectivity index (χ4n) is 4.19. The van der Waals surface area contributed by atoms with Crippen molar-refractivity contribution in [2.75, 3.05) is 32.4 Å². The maximum Gasteiger partial charge on any atom is 0.191 e. The average Bonchev–Trinajstić information content (AvgIpc) is 3.09. The summed E-state index contributed by atoms with van der Waals surface area (Å²) in [4.78, 5) is 6.92. The Morgan fingerprint density at radius 2 is 1.93 bits per heavy atom. The molecular weight excluding hydrogens is 368 g/mol. The molecule has 0 spiro atoms. The minimum atomic E-state index is 0.298. The zero-order chi connectivity index (χ0) is 20.0. The number of rotatable bonds is 6. The fourth-order valence-corrected chi connectivity index (χ4v) is 5.43. The summed E-state index contributed by atoms with van der Waals surface area (Å²) >= 11 is 2.07. The number of guanidine groups is 1. The van der Waals surface area contributed by atoms with E-state index in [4.69, 9.17) is 4.74 Å². The zero-order valence-electron chi connectivity index (χ0n) is 17.8. The van der Waals surface area contributed by atoms with E-state index in [1.807, 2.05) is 7.05 Å². The van der Waals surface area contributed by atoms with Crippen LogP contribution < -0.4 is 10.6 Å². The van der Waals surface area contributed by atoms with Gasteiger partial charge in [-0.25, -0.2) is 0 Å². The highest BCUT2D eigenvalue weighted by Gasteiger charge is 2.29. The molecule has 1 aromatic carbocycles. The first-order valence-electron chi connectivity index (χ1n) is 10.5. The van der Waals surface area contributed by atoms with Crippen LogP contribution in [0.4, 0.5) is 0 Å². The number of morpholine rings is 1. The van der Waals surface area contributed by atoms with E-state index in [1.165, 1.54) is 29.7 Å². The predicted molar refractivity (Wildman–Crippen MR) is 120 cm³/mol. The molecule has 3 rings (SSSR count). The molecule has 2 aliphatic heterocycles. The molecule has 6 heteroatoms. The second-order valence-corrected chi connectivity index (χ2v) is 10.1. The van der Waals surface area contributed by atoms with Crippen molar-refractivity contribution in [3.05, 3.63) is 35.4 Å². The van der Waals surface area contributed by atoms with Crippen LogP contribution >= 0.6 is 11.8 Å². The summed E-state index contributed by atoms with van der Waals surface area (Å²) in [7, 11) is 1.85. The first kappa shape index (κ1) is 21.5. The molecule has 2 heterocycles. The summed E-state index contributed by atoms with van der Waals surface area (Å²) in [5.41, 5.74) is 2.71. The molecule has 3 atom stereocenters. The molecule has 2 N–H and O–H groups in total. The Balaban J connectivity index is 1.55. The van der Waals surface area contributed by atoms with Gasteiger partial charge in [0, 0.05) is 44.5 Å². The van der Waals surface area contributed by atoms with Gasteiger partial charge in [0.1, 0.15) is 0 Å². The minimum absolute atomic E-state index is 0.298. The molecule has 5 nitrogen and oxygen atoms in total. The van der Waals surface area contributed by atoms with Crippen LogP contribution in [0.15, 0.2) is 29.3 Å². The lowest BCUT2D eigenvalue weighted by Gasteiger charge is -2.35. The van der Waals surface area contributed by atoms with Crippen molar-refractivity contribution in [3.8, 4) is 0 Å². The Bertz CT molecular complexity index is 650. The summed E-state index contributed by atoms with van der Waals surface area (Å²) in [5, 5.41) is 7.03. The lowest BCUT2D eigenvalue weighted by atomic mass is 10.1. The molecular formula is C22H36N4OS. The monoisotopic (exact) mass is 404 g/mol. The second-order valence-electron chi connectivity index (χ2n) is 8.40. The molecule has 0 amide bonds. The smallest absolute Gasteiger partial charge is 0.191 e. The summed E-state index contributed by atoms with van der Waals surface area (Å²) in [5.74, 6) is 2.16. The number of thioether (sulfide) groups is 1. The molecule has 28 heavy (non-hydrogen) atoms. The van der Waals surface area contributed by atoms with Crippen LogP contribution in [0.5, 0.6) is 0 Å². The molecule has 0 aromatic heterocycles. The van der Waals surface area contributed by atoms with Gasteiger partial charge in [0.2, 0.25) is 0 Å². The predicted octanol–water partition coefficient (Wildman–Crippen LogP) is 3.25. The maximum atomic E-state index is 5.88. The number of hydrogen-bond acceptors (Lipinski definition) is 4. The molecule has 3 unspecified atom stereocenters.